The monoisotopic (exact) mass is 501 g/mol. The normalized spacial score (nSPS) is 27.3. The van der Waals surface area contributed by atoms with Crippen LogP contribution >= 0.6 is 0 Å². The maximum atomic E-state index is 13.3. The van der Waals surface area contributed by atoms with E-state index in [1.54, 1.807) is 12.1 Å². The van der Waals surface area contributed by atoms with Crippen LogP contribution < -0.4 is 0 Å². The molecule has 2 fully saturated rings. The van der Waals surface area contributed by atoms with E-state index in [1.165, 1.54) is 0 Å². The van der Waals surface area contributed by atoms with E-state index >= 15 is 0 Å². The molecule has 6 rings (SSSR count). The molecule has 0 radical (unpaired) electrons. The molecule has 2 aliphatic carbocycles. The molecule has 4 nitrogen and oxygen atoms in total. The number of fused-ring (bicyclic) bond motifs is 4. The average molecular weight is 502 g/mol. The summed E-state index contributed by atoms with van der Waals surface area (Å²) in [4.78, 5) is 5.27. The van der Waals surface area contributed by atoms with E-state index in [0.29, 0.717) is 25.2 Å². The Balaban J connectivity index is 1.57. The molecule has 3 heterocycles. The van der Waals surface area contributed by atoms with Crippen LogP contribution in [0, 0.1) is 5.41 Å². The predicted octanol–water partition coefficient (Wildman–Crippen LogP) is 6.89. The Morgan fingerprint density at radius 1 is 1.00 bits per heavy atom. The van der Waals surface area contributed by atoms with Crippen molar-refractivity contribution < 1.29 is 27.8 Å². The minimum absolute atomic E-state index is 0.0598. The van der Waals surface area contributed by atoms with Crippen molar-refractivity contribution in [3.05, 3.63) is 63.5 Å². The van der Waals surface area contributed by atoms with Gasteiger partial charge in [0, 0.05) is 36.0 Å². The van der Waals surface area contributed by atoms with Gasteiger partial charge in [-0.3, -0.25) is 4.98 Å². The Kier molecular flexibility index (Phi) is 5.78. The summed E-state index contributed by atoms with van der Waals surface area (Å²) in [6, 6.07) is 5.40. The van der Waals surface area contributed by atoms with Gasteiger partial charge in [-0.25, -0.2) is 0 Å². The van der Waals surface area contributed by atoms with Gasteiger partial charge >= 0.3 is 6.18 Å². The smallest absolute Gasteiger partial charge is 0.388 e. The maximum Gasteiger partial charge on any atom is 0.416 e. The first kappa shape index (κ1) is 24.4. The molecule has 194 valence electrons. The number of alkyl halides is 3. The summed E-state index contributed by atoms with van der Waals surface area (Å²) in [5.41, 5.74) is 4.48. The molecule has 1 spiro atoms. The topological polar surface area (TPSA) is 51.6 Å². The van der Waals surface area contributed by atoms with Crippen LogP contribution in [-0.2, 0) is 27.7 Å². The van der Waals surface area contributed by atoms with Crippen LogP contribution in [0.2, 0.25) is 0 Å². The minimum atomic E-state index is -4.38. The van der Waals surface area contributed by atoms with Crippen molar-refractivity contribution in [2.45, 2.75) is 95.1 Å². The van der Waals surface area contributed by atoms with Crippen molar-refractivity contribution in [3.8, 4) is 0 Å². The molecule has 36 heavy (non-hydrogen) atoms. The molecule has 1 aromatic carbocycles. The molecule has 1 aromatic heterocycles. The number of aliphatic hydroxyl groups is 1. The first-order valence-electron chi connectivity index (χ1n) is 13.3. The van der Waals surface area contributed by atoms with Crippen LogP contribution in [0.25, 0.3) is 0 Å². The van der Waals surface area contributed by atoms with E-state index in [1.807, 2.05) is 0 Å². The molecule has 1 N–H and O–H groups in total. The highest BCUT2D eigenvalue weighted by molar-refractivity contribution is 5.54. The summed E-state index contributed by atoms with van der Waals surface area (Å²) in [5.74, 6) is 0.206. The summed E-state index contributed by atoms with van der Waals surface area (Å²) >= 11 is 0. The summed E-state index contributed by atoms with van der Waals surface area (Å²) < 4.78 is 52.5. The Labute approximate surface area is 210 Å². The number of pyridine rings is 1. The Bertz CT molecular complexity index is 1150. The van der Waals surface area contributed by atoms with Crippen molar-refractivity contribution in [2.24, 2.45) is 5.41 Å². The third-order valence-corrected chi connectivity index (χ3v) is 8.73. The van der Waals surface area contributed by atoms with Gasteiger partial charge in [0.25, 0.3) is 0 Å². The molecule has 2 aliphatic heterocycles. The van der Waals surface area contributed by atoms with Gasteiger partial charge in [-0.05, 0) is 67.2 Å². The SMILES string of the molecule is CC1(C)Cc2nc(C3CCOCC3)c3c(c2C(O)C1)C1(CCCC1)OC3c1ccc(C(F)(F)F)cc1. The molecular weight excluding hydrogens is 467 g/mol. The fraction of sp³-hybridized carbons (Fsp3) is 0.621. The van der Waals surface area contributed by atoms with Gasteiger partial charge < -0.3 is 14.6 Å². The van der Waals surface area contributed by atoms with Gasteiger partial charge in [0.05, 0.1) is 23.0 Å². The summed E-state index contributed by atoms with van der Waals surface area (Å²) in [6.45, 7) is 5.69. The van der Waals surface area contributed by atoms with Crippen LogP contribution in [0.3, 0.4) is 0 Å². The second-order valence-electron chi connectivity index (χ2n) is 11.9. The van der Waals surface area contributed by atoms with E-state index in [9.17, 15) is 18.3 Å². The molecule has 4 aliphatic rings. The molecule has 2 aromatic rings. The first-order valence-corrected chi connectivity index (χ1v) is 13.3. The van der Waals surface area contributed by atoms with Crippen LogP contribution in [0.1, 0.15) is 116 Å². The second-order valence-corrected chi connectivity index (χ2v) is 11.9. The standard InChI is InChI=1S/C29H34F3NO3/c1-27(2)15-20-22(21(34)16-27)24-23(25(33-20)17-9-13-35-14-10-17)26(36-28(24)11-3-4-12-28)18-5-7-19(8-6-18)29(30,31)32/h5-8,17,21,26,34H,3-4,9-16H2,1-2H3. The van der Waals surface area contributed by atoms with Gasteiger partial charge in [-0.15, -0.1) is 0 Å². The van der Waals surface area contributed by atoms with E-state index < -0.39 is 29.5 Å². The highest BCUT2D eigenvalue weighted by Gasteiger charge is 2.53. The Morgan fingerprint density at radius 2 is 1.67 bits per heavy atom. The zero-order valence-corrected chi connectivity index (χ0v) is 21.0. The van der Waals surface area contributed by atoms with E-state index in [0.717, 1.165) is 85.2 Å². The van der Waals surface area contributed by atoms with Gasteiger partial charge in [-0.2, -0.15) is 13.2 Å². The van der Waals surface area contributed by atoms with E-state index in [2.05, 4.69) is 13.8 Å². The maximum absolute atomic E-state index is 13.3. The van der Waals surface area contributed by atoms with Crippen molar-refractivity contribution in [1.82, 2.24) is 4.98 Å². The van der Waals surface area contributed by atoms with Crippen molar-refractivity contribution >= 4 is 0 Å². The lowest BCUT2D eigenvalue weighted by atomic mass is 9.70. The number of ether oxygens (including phenoxy) is 2. The van der Waals surface area contributed by atoms with Gasteiger partial charge in [0.1, 0.15) is 6.10 Å². The van der Waals surface area contributed by atoms with Crippen molar-refractivity contribution in [3.63, 3.8) is 0 Å². The minimum Gasteiger partial charge on any atom is -0.388 e. The lowest BCUT2D eigenvalue weighted by molar-refractivity contribution is -0.137. The highest BCUT2D eigenvalue weighted by Crippen LogP contribution is 2.60. The molecule has 1 saturated heterocycles. The number of benzene rings is 1. The Hall–Kier alpha value is -1.96. The average Bonchev–Trinajstić information content (AvgIpc) is 3.43. The van der Waals surface area contributed by atoms with Gasteiger partial charge in [0.2, 0.25) is 0 Å². The molecule has 0 amide bonds. The number of nitrogens with zero attached hydrogens (tertiary/aromatic N) is 1. The zero-order chi connectivity index (χ0) is 25.3. The summed E-state index contributed by atoms with van der Waals surface area (Å²) in [7, 11) is 0. The molecule has 2 atom stereocenters. The Morgan fingerprint density at radius 3 is 2.31 bits per heavy atom. The molecular formula is C29H34F3NO3. The quantitative estimate of drug-likeness (QED) is 0.487. The van der Waals surface area contributed by atoms with Gasteiger partial charge in [-0.1, -0.05) is 38.8 Å². The summed E-state index contributed by atoms with van der Waals surface area (Å²) in [5, 5.41) is 11.4. The zero-order valence-electron chi connectivity index (χ0n) is 21.0. The van der Waals surface area contributed by atoms with Crippen molar-refractivity contribution in [1.29, 1.82) is 0 Å². The van der Waals surface area contributed by atoms with Crippen LogP contribution in [0.4, 0.5) is 13.2 Å². The predicted molar refractivity (Wildman–Crippen MR) is 129 cm³/mol. The number of aromatic nitrogens is 1. The van der Waals surface area contributed by atoms with E-state index in [4.69, 9.17) is 14.5 Å². The first-order chi connectivity index (χ1) is 17.1. The fourth-order valence-electron chi connectivity index (χ4n) is 7.11. The number of hydrogen-bond acceptors (Lipinski definition) is 4. The number of halogens is 3. The van der Waals surface area contributed by atoms with Crippen LogP contribution in [0.15, 0.2) is 24.3 Å². The van der Waals surface area contributed by atoms with E-state index in [-0.39, 0.29) is 11.3 Å². The lowest BCUT2D eigenvalue weighted by Crippen LogP contribution is -2.32. The summed E-state index contributed by atoms with van der Waals surface area (Å²) in [6.07, 6.45) is 1.45. The molecule has 1 saturated carbocycles. The number of aliphatic hydroxyl groups excluding tert-OH is 1. The third-order valence-electron chi connectivity index (χ3n) is 8.73. The fourth-order valence-corrected chi connectivity index (χ4v) is 7.11. The largest absolute Gasteiger partial charge is 0.416 e. The van der Waals surface area contributed by atoms with Crippen LogP contribution in [-0.4, -0.2) is 23.3 Å². The molecule has 7 heteroatoms. The van der Waals surface area contributed by atoms with Crippen LogP contribution in [0.5, 0.6) is 0 Å². The van der Waals surface area contributed by atoms with Crippen molar-refractivity contribution in [2.75, 3.05) is 13.2 Å². The molecule has 2 unspecified atom stereocenters. The number of rotatable bonds is 2. The number of hydrogen-bond donors (Lipinski definition) is 1. The highest BCUT2D eigenvalue weighted by atomic mass is 19.4. The third kappa shape index (κ3) is 3.98. The van der Waals surface area contributed by atoms with Gasteiger partial charge in [0.15, 0.2) is 0 Å². The molecule has 0 bridgehead atoms. The lowest BCUT2D eigenvalue weighted by Gasteiger charge is -2.38. The second kappa shape index (κ2) is 8.53.